The Hall–Kier alpha value is -0.780. The molecule has 4 heteroatoms. The van der Waals surface area contributed by atoms with Crippen molar-refractivity contribution in [3.63, 3.8) is 0 Å². The molecule has 19 heavy (non-hydrogen) atoms. The maximum atomic E-state index is 4.65. The number of benzene rings is 1. The first-order valence-electron chi connectivity index (χ1n) is 6.56. The van der Waals surface area contributed by atoms with E-state index >= 15 is 0 Å². The lowest BCUT2D eigenvalue weighted by Crippen LogP contribution is -2.36. The van der Waals surface area contributed by atoms with Crippen molar-refractivity contribution in [1.82, 2.24) is 10.2 Å². The lowest BCUT2D eigenvalue weighted by Gasteiger charge is -2.18. The number of rotatable bonds is 4. The number of aryl methyl sites for hydroxylation is 1. The topological polar surface area (TPSA) is 27.6 Å². The largest absolute Gasteiger partial charge is 0.357 e. The molecular weight excluding hydrogens is 349 g/mol. The third-order valence-corrected chi connectivity index (χ3v) is 2.88. The molecule has 0 aliphatic rings. The molecule has 0 amide bonds. The first-order chi connectivity index (χ1) is 8.54. The molecule has 108 valence electrons. The molecule has 1 aromatic rings. The SMILES string of the molecule is CCNC(=NCC(C)c1cccc(C)c1)N(C)C.I. The van der Waals surface area contributed by atoms with E-state index in [0.29, 0.717) is 5.92 Å². The summed E-state index contributed by atoms with van der Waals surface area (Å²) in [5.41, 5.74) is 2.66. The molecular formula is C15H26IN3. The van der Waals surface area contributed by atoms with E-state index in [1.54, 1.807) is 0 Å². The average molecular weight is 375 g/mol. The van der Waals surface area contributed by atoms with E-state index < -0.39 is 0 Å². The zero-order valence-electron chi connectivity index (χ0n) is 12.6. The Kier molecular flexibility index (Phi) is 8.80. The van der Waals surface area contributed by atoms with Gasteiger partial charge in [-0.1, -0.05) is 36.8 Å². The van der Waals surface area contributed by atoms with E-state index in [2.05, 4.69) is 55.3 Å². The predicted molar refractivity (Wildman–Crippen MR) is 94.7 cm³/mol. The lowest BCUT2D eigenvalue weighted by molar-refractivity contribution is 0.580. The van der Waals surface area contributed by atoms with Gasteiger partial charge in [0.2, 0.25) is 0 Å². The van der Waals surface area contributed by atoms with Gasteiger partial charge in [-0.05, 0) is 19.4 Å². The minimum Gasteiger partial charge on any atom is -0.357 e. The van der Waals surface area contributed by atoms with Gasteiger partial charge in [-0.2, -0.15) is 0 Å². The Morgan fingerprint density at radius 2 is 2.05 bits per heavy atom. The van der Waals surface area contributed by atoms with E-state index in [-0.39, 0.29) is 24.0 Å². The van der Waals surface area contributed by atoms with Crippen LogP contribution in [0.2, 0.25) is 0 Å². The highest BCUT2D eigenvalue weighted by Crippen LogP contribution is 2.16. The first-order valence-corrected chi connectivity index (χ1v) is 6.56. The second-order valence-electron chi connectivity index (χ2n) is 4.90. The smallest absolute Gasteiger partial charge is 0.193 e. The number of guanidine groups is 1. The molecule has 0 heterocycles. The van der Waals surface area contributed by atoms with Crippen molar-refractivity contribution in [3.8, 4) is 0 Å². The summed E-state index contributed by atoms with van der Waals surface area (Å²) in [6.07, 6.45) is 0. The van der Waals surface area contributed by atoms with Crippen LogP contribution in [-0.4, -0.2) is 38.0 Å². The molecule has 0 spiro atoms. The molecule has 0 fully saturated rings. The minimum atomic E-state index is 0. The normalized spacial score (nSPS) is 12.6. The molecule has 1 unspecified atom stereocenters. The fourth-order valence-electron chi connectivity index (χ4n) is 1.82. The van der Waals surface area contributed by atoms with Crippen molar-refractivity contribution < 1.29 is 0 Å². The van der Waals surface area contributed by atoms with Gasteiger partial charge in [0.1, 0.15) is 0 Å². The summed E-state index contributed by atoms with van der Waals surface area (Å²) in [5, 5.41) is 3.28. The van der Waals surface area contributed by atoms with Gasteiger partial charge in [-0.25, -0.2) is 0 Å². The van der Waals surface area contributed by atoms with Gasteiger partial charge in [0.05, 0.1) is 0 Å². The second kappa shape index (κ2) is 9.18. The third kappa shape index (κ3) is 6.27. The maximum absolute atomic E-state index is 4.65. The fraction of sp³-hybridized carbons (Fsp3) is 0.533. The summed E-state index contributed by atoms with van der Waals surface area (Å²) in [7, 11) is 4.03. The maximum Gasteiger partial charge on any atom is 0.193 e. The van der Waals surface area contributed by atoms with Crippen LogP contribution in [0.5, 0.6) is 0 Å². The Morgan fingerprint density at radius 1 is 1.37 bits per heavy atom. The Bertz CT molecular complexity index is 402. The van der Waals surface area contributed by atoms with E-state index in [9.17, 15) is 0 Å². The standard InChI is InChI=1S/C15H25N3.HI/c1-6-16-15(18(4)5)17-11-13(3)14-9-7-8-12(2)10-14;/h7-10,13H,6,11H2,1-5H3,(H,16,17);1H. The molecule has 1 atom stereocenters. The van der Waals surface area contributed by atoms with Gasteiger partial charge in [0.15, 0.2) is 5.96 Å². The highest BCUT2D eigenvalue weighted by Gasteiger charge is 2.06. The van der Waals surface area contributed by atoms with Gasteiger partial charge in [-0.15, -0.1) is 24.0 Å². The molecule has 1 rings (SSSR count). The van der Waals surface area contributed by atoms with Crippen LogP contribution in [0.1, 0.15) is 30.9 Å². The zero-order chi connectivity index (χ0) is 13.5. The number of aliphatic imine (C=N–C) groups is 1. The van der Waals surface area contributed by atoms with Crippen LogP contribution in [0.3, 0.4) is 0 Å². The molecule has 0 saturated carbocycles. The summed E-state index contributed by atoms with van der Waals surface area (Å²) in [5.74, 6) is 1.40. The van der Waals surface area contributed by atoms with Crippen LogP contribution in [0.25, 0.3) is 0 Å². The van der Waals surface area contributed by atoms with Crippen molar-refractivity contribution in [2.45, 2.75) is 26.7 Å². The monoisotopic (exact) mass is 375 g/mol. The Labute approximate surface area is 134 Å². The van der Waals surface area contributed by atoms with Crippen molar-refractivity contribution >= 4 is 29.9 Å². The predicted octanol–water partition coefficient (Wildman–Crippen LogP) is 3.24. The van der Waals surface area contributed by atoms with Crippen molar-refractivity contribution in [3.05, 3.63) is 35.4 Å². The van der Waals surface area contributed by atoms with Crippen LogP contribution >= 0.6 is 24.0 Å². The van der Waals surface area contributed by atoms with Crippen molar-refractivity contribution in [1.29, 1.82) is 0 Å². The van der Waals surface area contributed by atoms with Crippen molar-refractivity contribution in [2.24, 2.45) is 4.99 Å². The summed E-state index contributed by atoms with van der Waals surface area (Å²) in [4.78, 5) is 6.67. The number of halogens is 1. The molecule has 0 saturated heterocycles. The third-order valence-electron chi connectivity index (χ3n) is 2.88. The minimum absolute atomic E-state index is 0. The molecule has 3 nitrogen and oxygen atoms in total. The summed E-state index contributed by atoms with van der Waals surface area (Å²) in [6, 6.07) is 8.66. The van der Waals surface area contributed by atoms with E-state index in [1.165, 1.54) is 11.1 Å². The number of nitrogens with one attached hydrogen (secondary N) is 1. The highest BCUT2D eigenvalue weighted by atomic mass is 127. The molecule has 0 aliphatic heterocycles. The van der Waals surface area contributed by atoms with E-state index in [0.717, 1.165) is 19.0 Å². The molecule has 0 bridgehead atoms. The Balaban J connectivity index is 0.00000324. The Morgan fingerprint density at radius 3 is 2.58 bits per heavy atom. The zero-order valence-corrected chi connectivity index (χ0v) is 14.9. The van der Waals surface area contributed by atoms with Gasteiger partial charge >= 0.3 is 0 Å². The molecule has 0 radical (unpaired) electrons. The molecule has 1 aromatic carbocycles. The second-order valence-corrected chi connectivity index (χ2v) is 4.90. The van der Waals surface area contributed by atoms with Gasteiger partial charge < -0.3 is 10.2 Å². The fourth-order valence-corrected chi connectivity index (χ4v) is 1.82. The van der Waals surface area contributed by atoms with Crippen LogP contribution < -0.4 is 5.32 Å². The summed E-state index contributed by atoms with van der Waals surface area (Å²) < 4.78 is 0. The van der Waals surface area contributed by atoms with Crippen LogP contribution in [0, 0.1) is 6.92 Å². The highest BCUT2D eigenvalue weighted by molar-refractivity contribution is 14.0. The molecule has 0 aliphatic carbocycles. The van der Waals surface area contributed by atoms with Gasteiger partial charge in [0, 0.05) is 33.1 Å². The van der Waals surface area contributed by atoms with Gasteiger partial charge in [-0.3, -0.25) is 4.99 Å². The average Bonchev–Trinajstić information content (AvgIpc) is 2.33. The van der Waals surface area contributed by atoms with Crippen LogP contribution in [-0.2, 0) is 0 Å². The quantitative estimate of drug-likeness (QED) is 0.497. The summed E-state index contributed by atoms with van der Waals surface area (Å²) in [6.45, 7) is 8.14. The van der Waals surface area contributed by atoms with Crippen LogP contribution in [0.4, 0.5) is 0 Å². The molecule has 0 aromatic heterocycles. The van der Waals surface area contributed by atoms with E-state index in [4.69, 9.17) is 0 Å². The summed E-state index contributed by atoms with van der Waals surface area (Å²) >= 11 is 0. The van der Waals surface area contributed by atoms with Gasteiger partial charge in [0.25, 0.3) is 0 Å². The first kappa shape index (κ1) is 18.2. The number of hydrogen-bond acceptors (Lipinski definition) is 1. The number of hydrogen-bond donors (Lipinski definition) is 1. The van der Waals surface area contributed by atoms with Crippen LogP contribution in [0.15, 0.2) is 29.3 Å². The molecule has 1 N–H and O–H groups in total. The number of nitrogens with zero attached hydrogens (tertiary/aromatic N) is 2. The lowest BCUT2D eigenvalue weighted by atomic mass is 10.00. The van der Waals surface area contributed by atoms with E-state index in [1.807, 2.05) is 19.0 Å². The van der Waals surface area contributed by atoms with Crippen molar-refractivity contribution in [2.75, 3.05) is 27.2 Å².